The fourth-order valence-corrected chi connectivity index (χ4v) is 4.31. The number of aromatic nitrogens is 1. The van der Waals surface area contributed by atoms with Gasteiger partial charge in [0.15, 0.2) is 0 Å². The van der Waals surface area contributed by atoms with Crippen molar-refractivity contribution >= 4 is 10.0 Å². The lowest BCUT2D eigenvalue weighted by atomic mass is 10.00. The molecule has 1 aromatic rings. The Kier molecular flexibility index (Phi) is 4.26. The zero-order chi connectivity index (χ0) is 14.9. The predicted molar refractivity (Wildman–Crippen MR) is 79.2 cm³/mol. The van der Waals surface area contributed by atoms with Gasteiger partial charge < -0.3 is 4.74 Å². The first-order valence-corrected chi connectivity index (χ1v) is 9.08. The van der Waals surface area contributed by atoms with Crippen LogP contribution in [0.4, 0.5) is 0 Å². The van der Waals surface area contributed by atoms with E-state index in [1.165, 1.54) is 6.26 Å². The van der Waals surface area contributed by atoms with Crippen LogP contribution in [0.25, 0.3) is 0 Å². The summed E-state index contributed by atoms with van der Waals surface area (Å²) >= 11 is 0. The van der Waals surface area contributed by atoms with E-state index in [2.05, 4.69) is 9.88 Å². The molecule has 116 valence electrons. The number of likely N-dealkylation sites (tertiary alicyclic amines) is 1. The van der Waals surface area contributed by atoms with E-state index < -0.39 is 10.0 Å². The van der Waals surface area contributed by atoms with E-state index in [0.29, 0.717) is 19.7 Å². The van der Waals surface area contributed by atoms with Gasteiger partial charge in [-0.05, 0) is 18.1 Å². The Morgan fingerprint density at radius 1 is 1.43 bits per heavy atom. The van der Waals surface area contributed by atoms with Crippen LogP contribution in [0.1, 0.15) is 12.0 Å². The average molecular weight is 311 g/mol. The molecule has 2 aliphatic heterocycles. The molecule has 0 bridgehead atoms. The van der Waals surface area contributed by atoms with Crippen LogP contribution in [0.15, 0.2) is 24.5 Å². The zero-order valence-corrected chi connectivity index (χ0v) is 13.0. The van der Waals surface area contributed by atoms with Crippen LogP contribution in [-0.4, -0.2) is 67.2 Å². The number of morpholine rings is 1. The summed E-state index contributed by atoms with van der Waals surface area (Å²) in [6.07, 6.45) is 5.80. The standard InChI is InChI=1S/C14H21N3O3S/c1-21(18,19)17-7-8-20-14-4-6-16(11-13(14)17)10-12-3-2-5-15-9-12/h2-3,5,9,13-14H,4,6-8,10-11H2,1H3/t13-,14-/m0/s1. The summed E-state index contributed by atoms with van der Waals surface area (Å²) in [5, 5.41) is 0. The Morgan fingerprint density at radius 3 is 3.00 bits per heavy atom. The molecule has 0 aromatic carbocycles. The van der Waals surface area contributed by atoms with Crippen LogP contribution in [-0.2, 0) is 21.3 Å². The van der Waals surface area contributed by atoms with Crippen molar-refractivity contribution in [1.82, 2.24) is 14.2 Å². The highest BCUT2D eigenvalue weighted by atomic mass is 32.2. The van der Waals surface area contributed by atoms with Crippen molar-refractivity contribution in [2.45, 2.75) is 25.1 Å². The van der Waals surface area contributed by atoms with Gasteiger partial charge in [0.2, 0.25) is 10.0 Å². The molecule has 0 amide bonds. The molecular formula is C14H21N3O3S. The molecular weight excluding hydrogens is 290 g/mol. The van der Waals surface area contributed by atoms with Gasteiger partial charge in [-0.15, -0.1) is 0 Å². The smallest absolute Gasteiger partial charge is 0.211 e. The van der Waals surface area contributed by atoms with Crippen LogP contribution in [0.2, 0.25) is 0 Å². The third-order valence-corrected chi connectivity index (χ3v) is 5.48. The molecule has 0 radical (unpaired) electrons. The van der Waals surface area contributed by atoms with Gasteiger partial charge in [0.05, 0.1) is 25.0 Å². The zero-order valence-electron chi connectivity index (χ0n) is 12.2. The van der Waals surface area contributed by atoms with Crippen molar-refractivity contribution in [1.29, 1.82) is 0 Å². The van der Waals surface area contributed by atoms with Crippen molar-refractivity contribution in [2.75, 3.05) is 32.5 Å². The van der Waals surface area contributed by atoms with Crippen LogP contribution >= 0.6 is 0 Å². The molecule has 0 N–H and O–H groups in total. The maximum absolute atomic E-state index is 11.9. The second kappa shape index (κ2) is 6.00. The molecule has 1 aromatic heterocycles. The van der Waals surface area contributed by atoms with Gasteiger partial charge in [0.25, 0.3) is 0 Å². The summed E-state index contributed by atoms with van der Waals surface area (Å²) in [5.74, 6) is 0. The van der Waals surface area contributed by atoms with Gasteiger partial charge >= 0.3 is 0 Å². The quantitative estimate of drug-likeness (QED) is 0.804. The highest BCUT2D eigenvalue weighted by molar-refractivity contribution is 7.88. The largest absolute Gasteiger partial charge is 0.375 e. The van der Waals surface area contributed by atoms with Crippen molar-refractivity contribution in [2.24, 2.45) is 0 Å². The minimum Gasteiger partial charge on any atom is -0.375 e. The maximum Gasteiger partial charge on any atom is 0.211 e. The molecule has 2 saturated heterocycles. The highest BCUT2D eigenvalue weighted by Crippen LogP contribution is 2.25. The van der Waals surface area contributed by atoms with E-state index >= 15 is 0 Å². The molecule has 2 aliphatic rings. The van der Waals surface area contributed by atoms with Gasteiger partial charge in [-0.2, -0.15) is 4.31 Å². The number of hydrogen-bond donors (Lipinski definition) is 0. The lowest BCUT2D eigenvalue weighted by molar-refractivity contribution is -0.0768. The van der Waals surface area contributed by atoms with E-state index in [1.54, 1.807) is 10.5 Å². The van der Waals surface area contributed by atoms with E-state index in [0.717, 1.165) is 25.1 Å². The Bertz CT molecular complexity index is 578. The molecule has 3 rings (SSSR count). The van der Waals surface area contributed by atoms with E-state index in [1.807, 2.05) is 18.3 Å². The first-order chi connectivity index (χ1) is 10.0. The number of nitrogens with zero attached hydrogens (tertiary/aromatic N) is 3. The summed E-state index contributed by atoms with van der Waals surface area (Å²) < 4.78 is 31.3. The topological polar surface area (TPSA) is 62.7 Å². The number of pyridine rings is 1. The summed E-state index contributed by atoms with van der Waals surface area (Å²) in [4.78, 5) is 6.41. The number of piperidine rings is 1. The van der Waals surface area contributed by atoms with E-state index in [4.69, 9.17) is 4.74 Å². The van der Waals surface area contributed by atoms with Crippen LogP contribution in [0.3, 0.4) is 0 Å². The van der Waals surface area contributed by atoms with Crippen LogP contribution < -0.4 is 0 Å². The average Bonchev–Trinajstić information content (AvgIpc) is 2.46. The molecule has 21 heavy (non-hydrogen) atoms. The van der Waals surface area contributed by atoms with Crippen molar-refractivity contribution in [3.63, 3.8) is 0 Å². The summed E-state index contributed by atoms with van der Waals surface area (Å²) in [6, 6.07) is 3.90. The number of hydrogen-bond acceptors (Lipinski definition) is 5. The minimum absolute atomic E-state index is 0.0265. The molecule has 6 nitrogen and oxygen atoms in total. The van der Waals surface area contributed by atoms with Crippen molar-refractivity contribution in [3.8, 4) is 0 Å². The second-order valence-corrected chi connectivity index (χ2v) is 7.67. The Labute approximate surface area is 125 Å². The lowest BCUT2D eigenvalue weighted by Crippen LogP contribution is -2.60. The number of fused-ring (bicyclic) bond motifs is 1. The number of sulfonamides is 1. The van der Waals surface area contributed by atoms with Gasteiger partial charge in [-0.1, -0.05) is 6.07 Å². The van der Waals surface area contributed by atoms with Gasteiger partial charge in [-0.25, -0.2) is 8.42 Å². The Hall–Kier alpha value is -1.02. The van der Waals surface area contributed by atoms with Crippen LogP contribution in [0.5, 0.6) is 0 Å². The normalized spacial score (nSPS) is 28.2. The lowest BCUT2D eigenvalue weighted by Gasteiger charge is -2.45. The Morgan fingerprint density at radius 2 is 2.29 bits per heavy atom. The minimum atomic E-state index is -3.18. The number of ether oxygens (including phenoxy) is 1. The van der Waals surface area contributed by atoms with Gasteiger partial charge in [-0.3, -0.25) is 9.88 Å². The molecule has 2 atom stereocenters. The van der Waals surface area contributed by atoms with Crippen molar-refractivity contribution in [3.05, 3.63) is 30.1 Å². The van der Waals surface area contributed by atoms with Crippen molar-refractivity contribution < 1.29 is 13.2 Å². The monoisotopic (exact) mass is 311 g/mol. The van der Waals surface area contributed by atoms with Crippen LogP contribution in [0, 0.1) is 0 Å². The van der Waals surface area contributed by atoms with Gasteiger partial charge in [0.1, 0.15) is 0 Å². The first-order valence-electron chi connectivity index (χ1n) is 7.24. The maximum atomic E-state index is 11.9. The molecule has 0 saturated carbocycles. The predicted octanol–water partition coefficient (Wildman–Crippen LogP) is 0.316. The molecule has 0 unspecified atom stereocenters. The fraction of sp³-hybridized carbons (Fsp3) is 0.643. The summed E-state index contributed by atoms with van der Waals surface area (Å²) in [6.45, 7) is 3.40. The third kappa shape index (κ3) is 3.42. The SMILES string of the molecule is CS(=O)(=O)N1CCO[C@H]2CCN(Cc3cccnc3)C[C@@H]21. The molecule has 7 heteroatoms. The molecule has 0 spiro atoms. The third-order valence-electron chi connectivity index (χ3n) is 4.17. The molecule has 2 fully saturated rings. The molecule has 0 aliphatic carbocycles. The molecule has 3 heterocycles. The van der Waals surface area contributed by atoms with E-state index in [-0.39, 0.29) is 12.1 Å². The van der Waals surface area contributed by atoms with Gasteiger partial charge in [0, 0.05) is 38.6 Å². The summed E-state index contributed by atoms with van der Waals surface area (Å²) in [5.41, 5.74) is 1.15. The first kappa shape index (κ1) is 14.9. The number of rotatable bonds is 3. The Balaban J connectivity index is 1.71. The second-order valence-electron chi connectivity index (χ2n) is 5.74. The fourth-order valence-electron chi connectivity index (χ4n) is 3.21. The summed E-state index contributed by atoms with van der Waals surface area (Å²) in [7, 11) is -3.18. The highest BCUT2D eigenvalue weighted by Gasteiger charge is 2.40. The van der Waals surface area contributed by atoms with E-state index in [9.17, 15) is 8.42 Å².